The highest BCUT2D eigenvalue weighted by Gasteiger charge is 2.49. The van der Waals surface area contributed by atoms with Crippen LogP contribution in [0, 0.1) is 11.6 Å². The van der Waals surface area contributed by atoms with Crippen molar-refractivity contribution in [2.45, 2.75) is 25.2 Å². The number of carbonyl (C=O) groups is 2. The Morgan fingerprint density at radius 1 is 1.06 bits per heavy atom. The minimum atomic E-state index is -4.50. The number of nitrogens with zero attached hydrogens (tertiary/aromatic N) is 3. The number of rotatable bonds is 4. The molecule has 2 heterocycles. The largest absolute Gasteiger partial charge is 0.416 e. The summed E-state index contributed by atoms with van der Waals surface area (Å²) in [5, 5.41) is 6.08. The normalized spacial score (nSPS) is 18.9. The van der Waals surface area contributed by atoms with Crippen molar-refractivity contribution in [2.24, 2.45) is 0 Å². The van der Waals surface area contributed by atoms with Crippen LogP contribution in [0.1, 0.15) is 23.9 Å². The van der Waals surface area contributed by atoms with Gasteiger partial charge in [0.15, 0.2) is 11.6 Å². The number of carbonyl (C=O) groups excluding carboxylic acids is 2. The topological polar surface area (TPSA) is 88.3 Å². The van der Waals surface area contributed by atoms with Crippen molar-refractivity contribution in [3.05, 3.63) is 71.1 Å². The molecule has 2 aromatic carbocycles. The molecule has 3 aromatic rings. The Hall–Kier alpha value is -3.83. The van der Waals surface area contributed by atoms with Gasteiger partial charge >= 0.3 is 12.2 Å². The molecule has 1 saturated heterocycles. The first-order valence-corrected chi connectivity index (χ1v) is 9.09. The first-order valence-electron chi connectivity index (χ1n) is 9.09. The van der Waals surface area contributed by atoms with Crippen molar-refractivity contribution < 1.29 is 36.1 Å². The molecule has 4 rings (SSSR count). The molecule has 1 fully saturated rings. The highest BCUT2D eigenvalue weighted by Crippen LogP contribution is 2.32. The lowest BCUT2D eigenvalue weighted by Crippen LogP contribution is -2.41. The Morgan fingerprint density at radius 2 is 1.75 bits per heavy atom. The van der Waals surface area contributed by atoms with Crippen LogP contribution in [0.2, 0.25) is 0 Å². The van der Waals surface area contributed by atoms with E-state index in [1.54, 1.807) is 0 Å². The molecule has 1 aliphatic rings. The maximum atomic E-state index is 13.6. The van der Waals surface area contributed by atoms with Crippen LogP contribution in [0.15, 0.2) is 47.0 Å². The number of amides is 3. The lowest BCUT2D eigenvalue weighted by Gasteiger charge is -2.22. The van der Waals surface area contributed by atoms with E-state index in [1.165, 1.54) is 13.0 Å². The molecule has 0 spiro atoms. The summed E-state index contributed by atoms with van der Waals surface area (Å²) in [5.74, 6) is -3.24. The second kappa shape index (κ2) is 7.39. The van der Waals surface area contributed by atoms with Crippen LogP contribution in [-0.4, -0.2) is 27.0 Å². The average Bonchev–Trinajstić information content (AvgIpc) is 3.29. The smallest absolute Gasteiger partial charge is 0.337 e. The molecule has 0 radical (unpaired) electrons. The number of nitrogens with one attached hydrogen (secondary N) is 1. The highest BCUT2D eigenvalue weighted by molar-refractivity contribution is 6.07. The van der Waals surface area contributed by atoms with Gasteiger partial charge in [-0.05, 0) is 36.8 Å². The second-order valence-corrected chi connectivity index (χ2v) is 7.16. The third-order valence-electron chi connectivity index (χ3n) is 5.00. The summed E-state index contributed by atoms with van der Waals surface area (Å²) < 4.78 is 69.9. The molecular formula is C20H13F5N4O3. The predicted molar refractivity (Wildman–Crippen MR) is 97.5 cm³/mol. The maximum Gasteiger partial charge on any atom is 0.416 e. The summed E-state index contributed by atoms with van der Waals surface area (Å²) in [6, 6.07) is 6.04. The van der Waals surface area contributed by atoms with Gasteiger partial charge in [-0.15, -0.1) is 0 Å². The zero-order valence-electron chi connectivity index (χ0n) is 16.2. The first-order chi connectivity index (χ1) is 15.0. The molecule has 3 amide bonds. The molecular weight excluding hydrogens is 439 g/mol. The van der Waals surface area contributed by atoms with Crippen LogP contribution in [0.3, 0.4) is 0 Å². The number of aromatic nitrogens is 2. The Kier molecular flexibility index (Phi) is 4.94. The van der Waals surface area contributed by atoms with E-state index >= 15 is 0 Å². The van der Waals surface area contributed by atoms with Gasteiger partial charge in [0.05, 0.1) is 5.56 Å². The lowest BCUT2D eigenvalue weighted by atomic mass is 9.92. The zero-order chi connectivity index (χ0) is 23.3. The van der Waals surface area contributed by atoms with Crippen LogP contribution >= 0.6 is 0 Å². The van der Waals surface area contributed by atoms with Crippen LogP contribution in [0.5, 0.6) is 0 Å². The standard InChI is InChI=1S/C20H13F5N4O3/c1-19(12-6-7-13(21)14(22)8-12)17(30)29(18(31)27-19)9-15-26-16(28-32-15)10-2-4-11(5-3-10)20(23,24)25/h2-8H,9H2,1H3,(H,27,31). The van der Waals surface area contributed by atoms with Crippen molar-refractivity contribution in [1.29, 1.82) is 0 Å². The molecule has 32 heavy (non-hydrogen) atoms. The van der Waals surface area contributed by atoms with E-state index in [0.717, 1.165) is 41.3 Å². The van der Waals surface area contributed by atoms with Crippen molar-refractivity contribution in [3.63, 3.8) is 0 Å². The summed E-state index contributed by atoms with van der Waals surface area (Å²) >= 11 is 0. The summed E-state index contributed by atoms with van der Waals surface area (Å²) in [4.78, 5) is 30.0. The number of benzene rings is 2. The van der Waals surface area contributed by atoms with E-state index in [9.17, 15) is 31.5 Å². The summed E-state index contributed by atoms with van der Waals surface area (Å²) in [6.07, 6.45) is -4.50. The minimum absolute atomic E-state index is 0.0354. The van der Waals surface area contributed by atoms with Crippen molar-refractivity contribution in [3.8, 4) is 11.4 Å². The molecule has 12 heteroatoms. The zero-order valence-corrected chi connectivity index (χ0v) is 16.2. The Balaban J connectivity index is 1.54. The Bertz CT molecular complexity index is 1210. The summed E-state index contributed by atoms with van der Waals surface area (Å²) in [7, 11) is 0. The fraction of sp³-hybridized carbons (Fsp3) is 0.200. The van der Waals surface area contributed by atoms with Gasteiger partial charge in [0.25, 0.3) is 5.91 Å². The predicted octanol–water partition coefficient (Wildman–Crippen LogP) is 4.00. The average molecular weight is 452 g/mol. The molecule has 0 aliphatic carbocycles. The number of hydrogen-bond donors (Lipinski definition) is 1. The van der Waals surface area contributed by atoms with E-state index < -0.39 is 47.4 Å². The number of imide groups is 1. The molecule has 0 bridgehead atoms. The van der Waals surface area contributed by atoms with Crippen molar-refractivity contribution >= 4 is 11.9 Å². The van der Waals surface area contributed by atoms with Crippen molar-refractivity contribution in [2.75, 3.05) is 0 Å². The molecule has 1 unspecified atom stereocenters. The number of alkyl halides is 3. The fourth-order valence-electron chi connectivity index (χ4n) is 3.22. The van der Waals surface area contributed by atoms with Crippen LogP contribution in [0.4, 0.5) is 26.7 Å². The SMILES string of the molecule is CC1(c2ccc(F)c(F)c2)NC(=O)N(Cc2nc(-c3ccc(C(F)(F)F)cc3)no2)C1=O. The lowest BCUT2D eigenvalue weighted by molar-refractivity contribution is -0.137. The first kappa shape index (κ1) is 21.4. The summed E-state index contributed by atoms with van der Waals surface area (Å²) in [5.41, 5.74) is -2.23. The van der Waals surface area contributed by atoms with Crippen LogP contribution in [-0.2, 0) is 23.1 Å². The van der Waals surface area contributed by atoms with Gasteiger partial charge in [0.2, 0.25) is 11.7 Å². The van der Waals surface area contributed by atoms with Gasteiger partial charge in [-0.25, -0.2) is 13.6 Å². The van der Waals surface area contributed by atoms with E-state index in [-0.39, 0.29) is 22.8 Å². The molecule has 166 valence electrons. The number of urea groups is 1. The Labute approximate surface area is 176 Å². The van der Waals surface area contributed by atoms with Gasteiger partial charge in [0.1, 0.15) is 12.1 Å². The quantitative estimate of drug-likeness (QED) is 0.478. The van der Waals surface area contributed by atoms with E-state index in [2.05, 4.69) is 15.5 Å². The van der Waals surface area contributed by atoms with Gasteiger partial charge in [-0.1, -0.05) is 23.4 Å². The van der Waals surface area contributed by atoms with Crippen molar-refractivity contribution in [1.82, 2.24) is 20.4 Å². The second-order valence-electron chi connectivity index (χ2n) is 7.16. The molecule has 1 aliphatic heterocycles. The fourth-order valence-corrected chi connectivity index (χ4v) is 3.22. The van der Waals surface area contributed by atoms with E-state index in [1.807, 2.05) is 0 Å². The molecule has 1 N–H and O–H groups in total. The highest BCUT2D eigenvalue weighted by atomic mass is 19.4. The molecule has 1 aromatic heterocycles. The van der Waals surface area contributed by atoms with Gasteiger partial charge < -0.3 is 9.84 Å². The van der Waals surface area contributed by atoms with Gasteiger partial charge in [-0.2, -0.15) is 18.2 Å². The third-order valence-corrected chi connectivity index (χ3v) is 5.00. The van der Waals surface area contributed by atoms with Crippen LogP contribution < -0.4 is 5.32 Å². The molecule has 7 nitrogen and oxygen atoms in total. The van der Waals surface area contributed by atoms with E-state index in [0.29, 0.717) is 0 Å². The van der Waals surface area contributed by atoms with Gasteiger partial charge in [-0.3, -0.25) is 9.69 Å². The van der Waals surface area contributed by atoms with E-state index in [4.69, 9.17) is 4.52 Å². The third kappa shape index (κ3) is 3.67. The molecule has 0 saturated carbocycles. The monoisotopic (exact) mass is 452 g/mol. The van der Waals surface area contributed by atoms with Crippen LogP contribution in [0.25, 0.3) is 11.4 Å². The summed E-state index contributed by atoms with van der Waals surface area (Å²) in [6.45, 7) is 0.902. The van der Waals surface area contributed by atoms with Gasteiger partial charge in [0, 0.05) is 5.56 Å². The maximum absolute atomic E-state index is 13.6. The minimum Gasteiger partial charge on any atom is -0.337 e. The number of hydrogen-bond acceptors (Lipinski definition) is 5. The number of halogens is 5. The Morgan fingerprint density at radius 3 is 2.38 bits per heavy atom. The molecule has 1 atom stereocenters.